The minimum atomic E-state index is 0.771. The smallest absolute Gasteiger partial charge is 0.0787 e. The first-order chi connectivity index (χ1) is 7.60. The maximum Gasteiger partial charge on any atom is 0.0787 e. The SMILES string of the molecule is C=N/C(=C(/C)SCC)c1ccc(C)c(Cl)c1. The highest BCUT2D eigenvalue weighted by Crippen LogP contribution is 2.29. The van der Waals surface area contributed by atoms with Crippen LogP contribution in [0.15, 0.2) is 28.1 Å². The van der Waals surface area contributed by atoms with E-state index in [0.717, 1.165) is 27.6 Å². The van der Waals surface area contributed by atoms with Crippen LogP contribution in [0.4, 0.5) is 0 Å². The monoisotopic (exact) mass is 253 g/mol. The summed E-state index contributed by atoms with van der Waals surface area (Å²) in [6.07, 6.45) is 0. The predicted octanol–water partition coefficient (Wildman–Crippen LogP) is 4.79. The normalized spacial score (nSPS) is 12.2. The molecule has 0 fully saturated rings. The van der Waals surface area contributed by atoms with Crippen molar-refractivity contribution in [2.45, 2.75) is 20.8 Å². The van der Waals surface area contributed by atoms with E-state index in [1.807, 2.05) is 25.1 Å². The molecular weight excluding hydrogens is 238 g/mol. The summed E-state index contributed by atoms with van der Waals surface area (Å²) >= 11 is 7.88. The number of rotatable bonds is 4. The Bertz CT molecular complexity index is 424. The lowest BCUT2D eigenvalue weighted by Gasteiger charge is -2.08. The number of thioether (sulfide) groups is 1. The number of hydrogen-bond acceptors (Lipinski definition) is 2. The molecule has 0 N–H and O–H groups in total. The number of hydrogen-bond donors (Lipinski definition) is 0. The van der Waals surface area contributed by atoms with Crippen LogP contribution in [0.2, 0.25) is 5.02 Å². The largest absolute Gasteiger partial charge is 0.263 e. The molecule has 0 heterocycles. The number of benzene rings is 1. The highest BCUT2D eigenvalue weighted by Gasteiger charge is 2.06. The standard InChI is InChI=1S/C13H16ClNS/c1-5-16-10(3)13(15-4)11-7-6-9(2)12(14)8-11/h6-8H,4-5H2,1-3H3/b13-10-. The molecule has 1 rings (SSSR count). The van der Waals surface area contributed by atoms with E-state index >= 15 is 0 Å². The molecule has 3 heteroatoms. The average molecular weight is 254 g/mol. The lowest BCUT2D eigenvalue weighted by Crippen LogP contribution is -1.86. The maximum atomic E-state index is 6.11. The van der Waals surface area contributed by atoms with E-state index in [0.29, 0.717) is 0 Å². The van der Waals surface area contributed by atoms with Crippen LogP contribution in [0.3, 0.4) is 0 Å². The molecule has 86 valence electrons. The molecule has 0 aromatic heterocycles. The fourth-order valence-electron chi connectivity index (χ4n) is 1.43. The van der Waals surface area contributed by atoms with E-state index in [1.165, 1.54) is 4.91 Å². The Hall–Kier alpha value is -0.730. The Balaban J connectivity index is 3.18. The van der Waals surface area contributed by atoms with Gasteiger partial charge in [-0.15, -0.1) is 11.8 Å². The first-order valence-corrected chi connectivity index (χ1v) is 6.53. The van der Waals surface area contributed by atoms with E-state index in [4.69, 9.17) is 11.6 Å². The first kappa shape index (κ1) is 13.3. The van der Waals surface area contributed by atoms with Gasteiger partial charge in [-0.3, -0.25) is 4.99 Å². The second-order valence-corrected chi connectivity index (χ2v) is 5.35. The van der Waals surface area contributed by atoms with Gasteiger partial charge in [-0.25, -0.2) is 0 Å². The minimum absolute atomic E-state index is 0.771. The van der Waals surface area contributed by atoms with Gasteiger partial charge >= 0.3 is 0 Å². The van der Waals surface area contributed by atoms with Crippen molar-refractivity contribution in [3.63, 3.8) is 0 Å². The number of allylic oxidation sites excluding steroid dienone is 1. The molecule has 0 aliphatic heterocycles. The third-order valence-corrected chi connectivity index (χ3v) is 3.62. The van der Waals surface area contributed by atoms with Crippen molar-refractivity contribution >= 4 is 35.8 Å². The lowest BCUT2D eigenvalue weighted by molar-refractivity contribution is 1.42. The quantitative estimate of drug-likeness (QED) is 0.703. The number of aryl methyl sites for hydroxylation is 1. The van der Waals surface area contributed by atoms with E-state index < -0.39 is 0 Å². The molecule has 16 heavy (non-hydrogen) atoms. The Kier molecular flexibility index (Phi) is 5.10. The molecule has 0 radical (unpaired) electrons. The fraction of sp³-hybridized carbons (Fsp3) is 0.308. The second kappa shape index (κ2) is 6.12. The summed E-state index contributed by atoms with van der Waals surface area (Å²) < 4.78 is 0. The summed E-state index contributed by atoms with van der Waals surface area (Å²) in [5.74, 6) is 1.03. The second-order valence-electron chi connectivity index (χ2n) is 3.46. The summed E-state index contributed by atoms with van der Waals surface area (Å²) in [5.41, 5.74) is 3.03. The van der Waals surface area contributed by atoms with Crippen molar-refractivity contribution in [3.05, 3.63) is 39.3 Å². The maximum absolute atomic E-state index is 6.11. The third-order valence-electron chi connectivity index (χ3n) is 2.30. The van der Waals surface area contributed by atoms with Crippen molar-refractivity contribution < 1.29 is 0 Å². The first-order valence-electron chi connectivity index (χ1n) is 5.17. The molecule has 0 bridgehead atoms. The van der Waals surface area contributed by atoms with Gasteiger partial charge in [0.15, 0.2) is 0 Å². The number of nitrogens with zero attached hydrogens (tertiary/aromatic N) is 1. The van der Waals surface area contributed by atoms with Crippen LogP contribution in [0.5, 0.6) is 0 Å². The molecule has 1 aromatic rings. The van der Waals surface area contributed by atoms with Crippen LogP contribution < -0.4 is 0 Å². The van der Waals surface area contributed by atoms with E-state index in [2.05, 4.69) is 25.6 Å². The summed E-state index contributed by atoms with van der Waals surface area (Å²) in [4.78, 5) is 5.28. The molecule has 0 amide bonds. The molecule has 1 nitrogen and oxygen atoms in total. The highest BCUT2D eigenvalue weighted by molar-refractivity contribution is 8.03. The van der Waals surface area contributed by atoms with Crippen molar-refractivity contribution in [3.8, 4) is 0 Å². The molecule has 0 unspecified atom stereocenters. The summed E-state index contributed by atoms with van der Waals surface area (Å²) in [6, 6.07) is 5.98. The molecule has 0 aliphatic carbocycles. The van der Waals surface area contributed by atoms with Crippen LogP contribution in [0, 0.1) is 6.92 Å². The molecule has 0 saturated heterocycles. The van der Waals surface area contributed by atoms with E-state index in [-0.39, 0.29) is 0 Å². The van der Waals surface area contributed by atoms with Gasteiger partial charge in [-0.05, 0) is 37.9 Å². The Morgan fingerprint density at radius 2 is 2.19 bits per heavy atom. The molecule has 0 saturated carbocycles. The van der Waals surface area contributed by atoms with Gasteiger partial charge in [0.25, 0.3) is 0 Å². The number of aliphatic imine (C=N–C) groups is 1. The van der Waals surface area contributed by atoms with E-state index in [1.54, 1.807) is 11.8 Å². The van der Waals surface area contributed by atoms with Crippen LogP contribution in [-0.2, 0) is 0 Å². The van der Waals surface area contributed by atoms with Gasteiger partial charge in [0, 0.05) is 15.5 Å². The van der Waals surface area contributed by atoms with E-state index in [9.17, 15) is 0 Å². The highest BCUT2D eigenvalue weighted by atomic mass is 35.5. The summed E-state index contributed by atoms with van der Waals surface area (Å²) in [5, 5.41) is 0.771. The molecule has 0 atom stereocenters. The van der Waals surface area contributed by atoms with Gasteiger partial charge in [-0.2, -0.15) is 0 Å². The van der Waals surface area contributed by atoms with Crippen molar-refractivity contribution in [2.24, 2.45) is 4.99 Å². The van der Waals surface area contributed by atoms with Gasteiger partial charge in [-0.1, -0.05) is 30.7 Å². The zero-order valence-corrected chi connectivity index (χ0v) is 11.5. The third kappa shape index (κ3) is 3.13. The van der Waals surface area contributed by atoms with Crippen molar-refractivity contribution in [1.29, 1.82) is 0 Å². The van der Waals surface area contributed by atoms with Crippen LogP contribution in [-0.4, -0.2) is 12.5 Å². The minimum Gasteiger partial charge on any atom is -0.263 e. The van der Waals surface area contributed by atoms with Crippen LogP contribution in [0.1, 0.15) is 25.0 Å². The fourth-order valence-corrected chi connectivity index (χ4v) is 2.36. The van der Waals surface area contributed by atoms with Crippen LogP contribution in [0.25, 0.3) is 5.70 Å². The van der Waals surface area contributed by atoms with Gasteiger partial charge in [0.1, 0.15) is 0 Å². The average Bonchev–Trinajstić information content (AvgIpc) is 2.25. The van der Waals surface area contributed by atoms with Gasteiger partial charge in [0.05, 0.1) is 5.70 Å². The zero-order chi connectivity index (χ0) is 12.1. The molecule has 1 aromatic carbocycles. The molecule has 0 aliphatic rings. The summed E-state index contributed by atoms with van der Waals surface area (Å²) in [6.45, 7) is 9.80. The number of halogens is 1. The Morgan fingerprint density at radius 3 is 2.69 bits per heavy atom. The van der Waals surface area contributed by atoms with Gasteiger partial charge in [0.2, 0.25) is 0 Å². The Labute approximate surface area is 107 Å². The topological polar surface area (TPSA) is 12.4 Å². The zero-order valence-electron chi connectivity index (χ0n) is 9.88. The molecular formula is C13H16ClNS. The van der Waals surface area contributed by atoms with Crippen molar-refractivity contribution in [2.75, 3.05) is 5.75 Å². The summed E-state index contributed by atoms with van der Waals surface area (Å²) in [7, 11) is 0. The predicted molar refractivity (Wildman–Crippen MR) is 76.5 cm³/mol. The van der Waals surface area contributed by atoms with Crippen LogP contribution >= 0.6 is 23.4 Å². The van der Waals surface area contributed by atoms with Crippen molar-refractivity contribution in [1.82, 2.24) is 0 Å². The Morgan fingerprint density at radius 1 is 1.50 bits per heavy atom. The lowest BCUT2D eigenvalue weighted by atomic mass is 10.1. The van der Waals surface area contributed by atoms with Gasteiger partial charge < -0.3 is 0 Å². The molecule has 0 spiro atoms.